The van der Waals surface area contributed by atoms with Gasteiger partial charge >= 0.3 is 5.97 Å². The lowest BCUT2D eigenvalue weighted by atomic mass is 9.99. The Morgan fingerprint density at radius 3 is 2.30 bits per heavy atom. The zero-order valence-corrected chi connectivity index (χ0v) is 15.1. The van der Waals surface area contributed by atoms with Gasteiger partial charge in [0.15, 0.2) is 0 Å². The maximum atomic E-state index is 12.6. The van der Waals surface area contributed by atoms with Gasteiger partial charge in [-0.05, 0) is 26.2 Å². The molecule has 2 atom stereocenters. The van der Waals surface area contributed by atoms with Crippen molar-refractivity contribution in [1.29, 1.82) is 0 Å². The van der Waals surface area contributed by atoms with Crippen LogP contribution >= 0.6 is 0 Å². The van der Waals surface area contributed by atoms with Gasteiger partial charge in [-0.2, -0.15) is 0 Å². The minimum atomic E-state index is -0.542. The second-order valence-electron chi connectivity index (χ2n) is 5.88. The Morgan fingerprint density at radius 2 is 1.87 bits per heavy atom. The summed E-state index contributed by atoms with van der Waals surface area (Å²) in [5.41, 5.74) is 0.473. The summed E-state index contributed by atoms with van der Waals surface area (Å²) >= 11 is 0. The number of ether oxygens (including phenoxy) is 1. The van der Waals surface area contributed by atoms with Gasteiger partial charge in [0, 0.05) is 12.6 Å². The fourth-order valence-corrected chi connectivity index (χ4v) is 2.36. The van der Waals surface area contributed by atoms with Gasteiger partial charge < -0.3 is 15.0 Å². The van der Waals surface area contributed by atoms with E-state index in [0.29, 0.717) is 25.0 Å². The fraction of sp³-hybridized carbons (Fsp3) is 0.706. The molecule has 2 amide bonds. The maximum Gasteiger partial charge on any atom is 0.333 e. The number of nitrogens with zero attached hydrogens (tertiary/aromatic N) is 1. The second-order valence-corrected chi connectivity index (χ2v) is 5.88. The van der Waals surface area contributed by atoms with Crippen LogP contribution in [0.1, 0.15) is 47.5 Å². The van der Waals surface area contributed by atoms with Crippen LogP contribution in [-0.2, 0) is 19.1 Å². The Bertz CT molecular complexity index is 432. The molecule has 0 aliphatic rings. The quantitative estimate of drug-likeness (QED) is 0.378. The van der Waals surface area contributed by atoms with E-state index in [1.807, 2.05) is 20.8 Å². The highest BCUT2D eigenvalue weighted by molar-refractivity contribution is 5.88. The first-order chi connectivity index (χ1) is 10.8. The average molecular weight is 326 g/mol. The van der Waals surface area contributed by atoms with Gasteiger partial charge in [0.2, 0.25) is 12.3 Å². The van der Waals surface area contributed by atoms with Crippen LogP contribution in [0.15, 0.2) is 11.6 Å². The Hall–Kier alpha value is -1.85. The standard InChI is InChI=1S/C17H30N2O4/c1-7-9-14(18-11-20)16(21)19(6)15(12(3)4)10-13(5)17(22)23-8-2/h10-12,14-15H,7-9H2,1-6H3,(H,18,20)/b13-10+/t14-,15?/m1/s1. The molecule has 0 bridgehead atoms. The third-order valence-electron chi connectivity index (χ3n) is 3.64. The van der Waals surface area contributed by atoms with Crippen molar-refractivity contribution in [2.75, 3.05) is 13.7 Å². The largest absolute Gasteiger partial charge is 0.463 e. The molecule has 6 nitrogen and oxygen atoms in total. The molecule has 0 aliphatic heterocycles. The molecule has 0 radical (unpaired) electrons. The number of likely N-dealkylation sites (N-methyl/N-ethyl adjacent to an activating group) is 1. The molecule has 6 heteroatoms. The lowest BCUT2D eigenvalue weighted by molar-refractivity contribution is -0.139. The van der Waals surface area contributed by atoms with Crippen molar-refractivity contribution in [3.63, 3.8) is 0 Å². The molecule has 0 aromatic heterocycles. The Kier molecular flexibility index (Phi) is 9.94. The maximum absolute atomic E-state index is 12.6. The summed E-state index contributed by atoms with van der Waals surface area (Å²) in [6, 6.07) is -0.792. The SMILES string of the molecule is CCC[C@@H](NC=O)C(=O)N(C)C(/C=C(\C)C(=O)OCC)C(C)C. The van der Waals surface area contributed by atoms with Crippen molar-refractivity contribution in [2.45, 2.75) is 59.5 Å². The molecule has 1 N–H and O–H groups in total. The van der Waals surface area contributed by atoms with Crippen molar-refractivity contribution >= 4 is 18.3 Å². The monoisotopic (exact) mass is 326 g/mol. The lowest BCUT2D eigenvalue weighted by Crippen LogP contribution is -2.49. The molecule has 0 spiro atoms. The third-order valence-corrected chi connectivity index (χ3v) is 3.64. The highest BCUT2D eigenvalue weighted by Crippen LogP contribution is 2.16. The number of carbonyl (C=O) groups excluding carboxylic acids is 3. The van der Waals surface area contributed by atoms with Gasteiger partial charge in [-0.3, -0.25) is 9.59 Å². The smallest absolute Gasteiger partial charge is 0.333 e. The predicted octanol–water partition coefficient (Wildman–Crippen LogP) is 1.89. The lowest BCUT2D eigenvalue weighted by Gasteiger charge is -2.32. The van der Waals surface area contributed by atoms with E-state index in [1.54, 1.807) is 31.9 Å². The number of carbonyl (C=O) groups is 3. The Labute approximate surface area is 139 Å². The molecule has 23 heavy (non-hydrogen) atoms. The zero-order valence-electron chi connectivity index (χ0n) is 15.1. The number of amides is 2. The number of hydrogen-bond acceptors (Lipinski definition) is 4. The fourth-order valence-electron chi connectivity index (χ4n) is 2.36. The first-order valence-electron chi connectivity index (χ1n) is 8.11. The zero-order chi connectivity index (χ0) is 18.0. The summed E-state index contributed by atoms with van der Waals surface area (Å²) in [4.78, 5) is 36.7. The van der Waals surface area contributed by atoms with Gasteiger partial charge in [-0.1, -0.05) is 33.3 Å². The van der Waals surface area contributed by atoms with Crippen LogP contribution < -0.4 is 5.32 Å². The molecular formula is C17H30N2O4. The number of rotatable bonds is 10. The van der Waals surface area contributed by atoms with Crippen LogP contribution in [0, 0.1) is 5.92 Å². The van der Waals surface area contributed by atoms with E-state index in [1.165, 1.54) is 0 Å². The van der Waals surface area contributed by atoms with Gasteiger partial charge in [0.25, 0.3) is 0 Å². The summed E-state index contributed by atoms with van der Waals surface area (Å²) in [5, 5.41) is 2.57. The predicted molar refractivity (Wildman–Crippen MR) is 89.7 cm³/mol. The van der Waals surface area contributed by atoms with Crippen LogP contribution in [-0.4, -0.2) is 48.9 Å². The average Bonchev–Trinajstić information content (AvgIpc) is 2.50. The van der Waals surface area contributed by atoms with Crippen LogP contribution in [0.2, 0.25) is 0 Å². The summed E-state index contributed by atoms with van der Waals surface area (Å²) < 4.78 is 4.98. The molecule has 1 unspecified atom stereocenters. The van der Waals surface area contributed by atoms with Crippen LogP contribution in [0.25, 0.3) is 0 Å². The summed E-state index contributed by atoms with van der Waals surface area (Å²) in [7, 11) is 1.69. The minimum Gasteiger partial charge on any atom is -0.463 e. The van der Waals surface area contributed by atoms with Crippen molar-refractivity contribution in [2.24, 2.45) is 5.92 Å². The van der Waals surface area contributed by atoms with Gasteiger partial charge in [-0.15, -0.1) is 0 Å². The molecule has 0 rings (SSSR count). The topological polar surface area (TPSA) is 75.7 Å². The molecule has 0 saturated heterocycles. The van der Waals surface area contributed by atoms with E-state index in [4.69, 9.17) is 4.74 Å². The second kappa shape index (κ2) is 10.8. The molecule has 0 fully saturated rings. The van der Waals surface area contributed by atoms with Gasteiger partial charge in [0.1, 0.15) is 6.04 Å². The minimum absolute atomic E-state index is 0.117. The Balaban J connectivity index is 5.28. The first-order valence-corrected chi connectivity index (χ1v) is 8.11. The summed E-state index contributed by atoms with van der Waals surface area (Å²) in [5.74, 6) is -0.424. The normalized spacial score (nSPS) is 14.1. The molecule has 0 aromatic rings. The highest BCUT2D eigenvalue weighted by atomic mass is 16.5. The number of hydrogen-bond donors (Lipinski definition) is 1. The van der Waals surface area contributed by atoms with E-state index >= 15 is 0 Å². The first kappa shape index (κ1) is 21.1. The highest BCUT2D eigenvalue weighted by Gasteiger charge is 2.27. The van der Waals surface area contributed by atoms with Crippen molar-refractivity contribution in [3.05, 3.63) is 11.6 Å². The van der Waals surface area contributed by atoms with Crippen molar-refractivity contribution in [1.82, 2.24) is 10.2 Å². The van der Waals surface area contributed by atoms with E-state index in [2.05, 4.69) is 5.32 Å². The van der Waals surface area contributed by atoms with Crippen molar-refractivity contribution < 1.29 is 19.1 Å². The molecule has 132 valence electrons. The number of nitrogens with one attached hydrogen (secondary N) is 1. The van der Waals surface area contributed by atoms with E-state index in [0.717, 1.165) is 6.42 Å². The molecule has 0 heterocycles. The summed E-state index contributed by atoms with van der Waals surface area (Å²) in [6.45, 7) is 9.65. The summed E-state index contributed by atoms with van der Waals surface area (Å²) in [6.07, 6.45) is 3.67. The molecule has 0 aromatic carbocycles. The third kappa shape index (κ3) is 6.84. The van der Waals surface area contributed by atoms with E-state index in [-0.39, 0.29) is 23.8 Å². The van der Waals surface area contributed by atoms with Gasteiger partial charge in [-0.25, -0.2) is 4.79 Å². The van der Waals surface area contributed by atoms with Crippen LogP contribution in [0.4, 0.5) is 0 Å². The number of esters is 1. The molecular weight excluding hydrogens is 296 g/mol. The Morgan fingerprint density at radius 1 is 1.26 bits per heavy atom. The molecule has 0 saturated carbocycles. The molecule has 0 aliphatic carbocycles. The van der Waals surface area contributed by atoms with Crippen LogP contribution in [0.5, 0.6) is 0 Å². The van der Waals surface area contributed by atoms with E-state index < -0.39 is 6.04 Å². The van der Waals surface area contributed by atoms with Gasteiger partial charge in [0.05, 0.1) is 12.6 Å². The van der Waals surface area contributed by atoms with Crippen molar-refractivity contribution in [3.8, 4) is 0 Å². The van der Waals surface area contributed by atoms with Crippen LogP contribution in [0.3, 0.4) is 0 Å². The van der Waals surface area contributed by atoms with E-state index in [9.17, 15) is 14.4 Å².